The molecule has 0 spiro atoms. The largest absolute Gasteiger partial charge is 0.481 e. The molecule has 1 atom stereocenters. The first-order valence-electron chi connectivity index (χ1n) is 10.7. The Morgan fingerprint density at radius 1 is 1.12 bits per heavy atom. The highest BCUT2D eigenvalue weighted by Gasteiger charge is 2.20. The van der Waals surface area contributed by atoms with Crippen molar-refractivity contribution in [2.45, 2.75) is 50.9 Å². The van der Waals surface area contributed by atoms with Crippen molar-refractivity contribution in [1.29, 1.82) is 0 Å². The first-order chi connectivity index (χ1) is 15.5. The number of anilines is 1. The van der Waals surface area contributed by atoms with Gasteiger partial charge < -0.3 is 10.4 Å². The number of aliphatic carboxylic acids is 1. The summed E-state index contributed by atoms with van der Waals surface area (Å²) in [5, 5.41) is 22.5. The van der Waals surface area contributed by atoms with Gasteiger partial charge in [-0.05, 0) is 55.0 Å². The van der Waals surface area contributed by atoms with Crippen molar-refractivity contribution < 1.29 is 18.7 Å². The van der Waals surface area contributed by atoms with Gasteiger partial charge in [-0.15, -0.1) is 21.5 Å². The predicted octanol–water partition coefficient (Wildman–Crippen LogP) is 4.55. The lowest BCUT2D eigenvalue weighted by Gasteiger charge is -2.17. The number of aryl methyl sites for hydroxylation is 3. The Kier molecular flexibility index (Phi) is 7.04. The van der Waals surface area contributed by atoms with E-state index in [1.54, 1.807) is 0 Å². The molecule has 0 radical (unpaired) electrons. The molecule has 0 amide bonds. The molecule has 1 aliphatic rings. The maximum absolute atomic E-state index is 13.6. The summed E-state index contributed by atoms with van der Waals surface area (Å²) in [6.07, 6.45) is 4.66. The summed E-state index contributed by atoms with van der Waals surface area (Å²) in [4.78, 5) is 16.0. The fraction of sp³-hybridized carbons (Fsp3) is 0.391. The topological polar surface area (TPSA) is 88.0 Å². The molecule has 4 rings (SSSR count). The normalized spacial score (nSPS) is 13.9. The van der Waals surface area contributed by atoms with Gasteiger partial charge in [0.15, 0.2) is 0 Å². The van der Waals surface area contributed by atoms with E-state index in [9.17, 15) is 18.7 Å². The van der Waals surface area contributed by atoms with Gasteiger partial charge in [-0.2, -0.15) is 0 Å². The van der Waals surface area contributed by atoms with E-state index in [1.165, 1.54) is 29.0 Å². The summed E-state index contributed by atoms with van der Waals surface area (Å²) in [6.45, 7) is 0.960. The number of halogens is 2. The predicted molar refractivity (Wildman–Crippen MR) is 118 cm³/mol. The minimum absolute atomic E-state index is 0.240. The Hall–Kier alpha value is -2.94. The zero-order chi connectivity index (χ0) is 22.5. The highest BCUT2D eigenvalue weighted by atomic mass is 32.1. The van der Waals surface area contributed by atoms with Gasteiger partial charge in [-0.1, -0.05) is 6.07 Å². The van der Waals surface area contributed by atoms with Crippen molar-refractivity contribution in [3.63, 3.8) is 0 Å². The van der Waals surface area contributed by atoms with Crippen LogP contribution in [-0.2, 0) is 30.5 Å². The van der Waals surface area contributed by atoms with E-state index in [2.05, 4.69) is 27.6 Å². The molecule has 3 aromatic rings. The average Bonchev–Trinajstić information content (AvgIpc) is 3.19. The number of rotatable bonds is 9. The fourth-order valence-corrected chi connectivity index (χ4v) is 4.91. The average molecular weight is 459 g/mol. The first kappa shape index (κ1) is 22.3. The van der Waals surface area contributed by atoms with Crippen LogP contribution in [0, 0.1) is 11.6 Å². The molecule has 1 aliphatic heterocycles. The molecule has 0 fully saturated rings. The van der Waals surface area contributed by atoms with E-state index in [4.69, 9.17) is 4.98 Å². The summed E-state index contributed by atoms with van der Waals surface area (Å²) in [7, 11) is 0. The molecule has 2 N–H and O–H groups in total. The van der Waals surface area contributed by atoms with Crippen molar-refractivity contribution in [1.82, 2.24) is 15.2 Å². The van der Waals surface area contributed by atoms with E-state index >= 15 is 0 Å². The molecule has 1 aromatic carbocycles. The van der Waals surface area contributed by atoms with Crippen molar-refractivity contribution in [3.05, 3.63) is 68.8 Å². The second kappa shape index (κ2) is 10.1. The number of carboxylic acid groups (broad SMARTS) is 1. The number of fused-ring (bicyclic) bond motifs is 1. The monoisotopic (exact) mass is 458 g/mol. The van der Waals surface area contributed by atoms with Crippen LogP contribution in [0.2, 0.25) is 0 Å². The van der Waals surface area contributed by atoms with Crippen LogP contribution in [-0.4, -0.2) is 32.8 Å². The van der Waals surface area contributed by atoms with Crippen molar-refractivity contribution in [2.24, 2.45) is 0 Å². The number of aromatic nitrogens is 3. The Bertz CT molecular complexity index is 1090. The van der Waals surface area contributed by atoms with E-state index in [-0.39, 0.29) is 12.8 Å². The Balaban J connectivity index is 1.36. The molecule has 0 saturated carbocycles. The van der Waals surface area contributed by atoms with Gasteiger partial charge in [0.1, 0.15) is 27.5 Å². The summed E-state index contributed by atoms with van der Waals surface area (Å²) in [6, 6.07) is 7.35. The van der Waals surface area contributed by atoms with Crippen LogP contribution in [0.3, 0.4) is 0 Å². The molecular weight excluding hydrogens is 434 g/mol. The second-order valence-corrected chi connectivity index (χ2v) is 9.13. The lowest BCUT2D eigenvalue weighted by molar-refractivity contribution is -0.137. The maximum Gasteiger partial charge on any atom is 0.303 e. The first-order valence-corrected chi connectivity index (χ1v) is 11.5. The standard InChI is InChI=1S/C23H24F2N4O2S/c24-17-9-15(10-18(25)13-17)16(12-22(30)31)11-21-29-28-20(32-21)5-1-4-19-7-6-14-3-2-8-26-23(14)27-19/h6-7,9-10,13,16H,1-5,8,11-12H2,(H,26,27)(H,30,31). The van der Waals surface area contributed by atoms with Crippen molar-refractivity contribution in [3.8, 4) is 0 Å². The van der Waals surface area contributed by atoms with Gasteiger partial charge in [0.25, 0.3) is 0 Å². The third kappa shape index (κ3) is 5.85. The number of hydrogen-bond acceptors (Lipinski definition) is 6. The van der Waals surface area contributed by atoms with E-state index < -0.39 is 23.5 Å². The molecule has 0 saturated heterocycles. The van der Waals surface area contributed by atoms with Crippen LogP contribution in [0.1, 0.15) is 52.0 Å². The van der Waals surface area contributed by atoms with Gasteiger partial charge in [0.05, 0.1) is 6.42 Å². The Morgan fingerprint density at radius 3 is 2.69 bits per heavy atom. The number of carbonyl (C=O) groups is 1. The maximum atomic E-state index is 13.6. The summed E-state index contributed by atoms with van der Waals surface area (Å²) in [5.41, 5.74) is 2.62. The van der Waals surface area contributed by atoms with Gasteiger partial charge in [0.2, 0.25) is 0 Å². The summed E-state index contributed by atoms with van der Waals surface area (Å²) < 4.78 is 27.2. The zero-order valence-electron chi connectivity index (χ0n) is 17.5. The van der Waals surface area contributed by atoms with Gasteiger partial charge in [-0.25, -0.2) is 13.8 Å². The van der Waals surface area contributed by atoms with Crippen LogP contribution in [0.15, 0.2) is 30.3 Å². The molecule has 2 aromatic heterocycles. The van der Waals surface area contributed by atoms with Crippen molar-refractivity contribution in [2.75, 3.05) is 11.9 Å². The van der Waals surface area contributed by atoms with E-state index in [0.717, 1.165) is 61.2 Å². The molecule has 32 heavy (non-hydrogen) atoms. The quantitative estimate of drug-likeness (QED) is 0.489. The van der Waals surface area contributed by atoms with Crippen LogP contribution in [0.5, 0.6) is 0 Å². The van der Waals surface area contributed by atoms with Gasteiger partial charge in [-0.3, -0.25) is 4.79 Å². The van der Waals surface area contributed by atoms with E-state index in [0.29, 0.717) is 10.6 Å². The lowest BCUT2D eigenvalue weighted by Crippen LogP contribution is -2.14. The molecule has 168 valence electrons. The van der Waals surface area contributed by atoms with Gasteiger partial charge >= 0.3 is 5.97 Å². The van der Waals surface area contributed by atoms with Crippen LogP contribution in [0.25, 0.3) is 0 Å². The summed E-state index contributed by atoms with van der Waals surface area (Å²) in [5.74, 6) is -2.06. The smallest absolute Gasteiger partial charge is 0.303 e. The lowest BCUT2D eigenvalue weighted by atomic mass is 9.92. The highest BCUT2D eigenvalue weighted by Crippen LogP contribution is 2.28. The fourth-order valence-electron chi connectivity index (χ4n) is 3.94. The van der Waals surface area contributed by atoms with Crippen LogP contribution in [0.4, 0.5) is 14.6 Å². The SMILES string of the molecule is O=C(O)CC(Cc1nnc(CCCc2ccc3c(n2)NCCC3)s1)c1cc(F)cc(F)c1. The third-order valence-electron chi connectivity index (χ3n) is 5.48. The van der Waals surface area contributed by atoms with E-state index in [1.807, 2.05) is 0 Å². The number of hydrogen-bond donors (Lipinski definition) is 2. The van der Waals surface area contributed by atoms with Crippen LogP contribution >= 0.6 is 11.3 Å². The van der Waals surface area contributed by atoms with Gasteiger partial charge in [0, 0.05) is 37.1 Å². The minimum atomic E-state index is -1.03. The number of benzene rings is 1. The highest BCUT2D eigenvalue weighted by molar-refractivity contribution is 7.11. The minimum Gasteiger partial charge on any atom is -0.481 e. The molecular formula is C23H24F2N4O2S. The number of nitrogens with one attached hydrogen (secondary N) is 1. The molecule has 0 bridgehead atoms. The number of nitrogens with zero attached hydrogens (tertiary/aromatic N) is 3. The van der Waals surface area contributed by atoms with Crippen molar-refractivity contribution >= 4 is 23.1 Å². The zero-order valence-corrected chi connectivity index (χ0v) is 18.3. The van der Waals surface area contributed by atoms with Crippen LogP contribution < -0.4 is 5.32 Å². The Morgan fingerprint density at radius 2 is 1.91 bits per heavy atom. The summed E-state index contributed by atoms with van der Waals surface area (Å²) >= 11 is 1.41. The number of pyridine rings is 1. The molecule has 6 nitrogen and oxygen atoms in total. The molecule has 3 heterocycles. The number of carboxylic acids is 1. The Labute approximate surface area is 188 Å². The molecule has 9 heteroatoms. The molecule has 1 unspecified atom stereocenters. The second-order valence-electron chi connectivity index (χ2n) is 7.99. The third-order valence-corrected chi connectivity index (χ3v) is 6.49. The molecule has 0 aliphatic carbocycles.